The van der Waals surface area contributed by atoms with E-state index in [0.29, 0.717) is 37.4 Å². The van der Waals surface area contributed by atoms with Crippen LogP contribution in [-0.2, 0) is 9.53 Å². The van der Waals surface area contributed by atoms with E-state index in [1.807, 2.05) is 13.8 Å². The number of carbonyl (C=O) groups excluding carboxylic acids is 2. The normalized spacial score (nSPS) is 18.4. The Morgan fingerprint density at radius 1 is 1.33 bits per heavy atom. The van der Waals surface area contributed by atoms with Gasteiger partial charge in [0.2, 0.25) is 0 Å². The monoisotopic (exact) mass is 291 g/mol. The lowest BCUT2D eigenvalue weighted by molar-refractivity contribution is -0.140. The minimum absolute atomic E-state index is 0.00773. The Balaban J connectivity index is 1.85. The van der Waals surface area contributed by atoms with E-state index in [1.165, 1.54) is 0 Å². The van der Waals surface area contributed by atoms with Gasteiger partial charge in [0.1, 0.15) is 5.75 Å². The van der Waals surface area contributed by atoms with Gasteiger partial charge >= 0.3 is 0 Å². The molecule has 0 saturated carbocycles. The highest BCUT2D eigenvalue weighted by Gasteiger charge is 2.21. The molecule has 0 aromatic heterocycles. The summed E-state index contributed by atoms with van der Waals surface area (Å²) in [6.07, 6.45) is 0.551. The van der Waals surface area contributed by atoms with Crippen molar-refractivity contribution in [3.63, 3.8) is 0 Å². The second kappa shape index (κ2) is 7.22. The fourth-order valence-corrected chi connectivity index (χ4v) is 2.22. The molecule has 1 fully saturated rings. The molecule has 5 nitrogen and oxygen atoms in total. The van der Waals surface area contributed by atoms with E-state index in [1.54, 1.807) is 29.2 Å². The summed E-state index contributed by atoms with van der Waals surface area (Å²) in [4.78, 5) is 25.3. The molecular formula is C16H21NO4. The summed E-state index contributed by atoms with van der Waals surface area (Å²) in [7, 11) is 0. The van der Waals surface area contributed by atoms with Crippen molar-refractivity contribution in [3.05, 3.63) is 29.8 Å². The predicted octanol–water partition coefficient (Wildman–Crippen LogP) is 1.91. The standard InChI is InChI=1S/C16H21NO4/c1-3-15(18)13-4-6-14(7-5-13)21-11-16(19)17-8-9-20-12(2)10-17/h4-7,12H,3,8-11H2,1-2H3. The van der Waals surface area contributed by atoms with Crippen LogP contribution in [0.25, 0.3) is 0 Å². The number of morpholine rings is 1. The zero-order valence-electron chi connectivity index (χ0n) is 12.5. The predicted molar refractivity (Wildman–Crippen MR) is 78.6 cm³/mol. The molecule has 1 atom stereocenters. The maximum atomic E-state index is 12.0. The Kier molecular flexibility index (Phi) is 5.33. The minimum Gasteiger partial charge on any atom is -0.484 e. The molecule has 0 radical (unpaired) electrons. The third-order valence-corrected chi connectivity index (χ3v) is 3.45. The van der Waals surface area contributed by atoms with Gasteiger partial charge in [0.05, 0.1) is 12.7 Å². The number of nitrogens with zero attached hydrogens (tertiary/aromatic N) is 1. The lowest BCUT2D eigenvalue weighted by Gasteiger charge is -2.31. The number of Topliss-reactive ketones (excluding diaryl/α,β-unsaturated/α-hetero) is 1. The number of benzene rings is 1. The molecule has 1 aromatic rings. The number of carbonyl (C=O) groups is 2. The largest absolute Gasteiger partial charge is 0.484 e. The molecule has 0 bridgehead atoms. The Hall–Kier alpha value is -1.88. The molecule has 0 N–H and O–H groups in total. The van der Waals surface area contributed by atoms with Crippen molar-refractivity contribution < 1.29 is 19.1 Å². The van der Waals surface area contributed by atoms with Gasteiger partial charge in [0.25, 0.3) is 5.91 Å². The van der Waals surface area contributed by atoms with Crippen LogP contribution >= 0.6 is 0 Å². The van der Waals surface area contributed by atoms with Crippen molar-refractivity contribution in [3.8, 4) is 5.75 Å². The average molecular weight is 291 g/mol. The molecule has 1 amide bonds. The van der Waals surface area contributed by atoms with Gasteiger partial charge in [-0.15, -0.1) is 0 Å². The van der Waals surface area contributed by atoms with Crippen LogP contribution in [0.15, 0.2) is 24.3 Å². The molecular weight excluding hydrogens is 270 g/mol. The maximum absolute atomic E-state index is 12.0. The van der Waals surface area contributed by atoms with Crippen LogP contribution in [0.1, 0.15) is 30.6 Å². The van der Waals surface area contributed by atoms with Crippen LogP contribution in [0.3, 0.4) is 0 Å². The van der Waals surface area contributed by atoms with Crippen molar-refractivity contribution >= 4 is 11.7 Å². The van der Waals surface area contributed by atoms with Crippen LogP contribution < -0.4 is 4.74 Å². The van der Waals surface area contributed by atoms with Gasteiger partial charge in [-0.1, -0.05) is 6.92 Å². The number of amides is 1. The van der Waals surface area contributed by atoms with Crippen molar-refractivity contribution in [2.75, 3.05) is 26.3 Å². The van der Waals surface area contributed by atoms with E-state index >= 15 is 0 Å². The Bertz CT molecular complexity index is 498. The smallest absolute Gasteiger partial charge is 0.260 e. The van der Waals surface area contributed by atoms with Crippen molar-refractivity contribution in [1.29, 1.82) is 0 Å². The van der Waals surface area contributed by atoms with E-state index in [-0.39, 0.29) is 24.4 Å². The topological polar surface area (TPSA) is 55.8 Å². The lowest BCUT2D eigenvalue weighted by Crippen LogP contribution is -2.46. The van der Waals surface area contributed by atoms with E-state index in [2.05, 4.69) is 0 Å². The van der Waals surface area contributed by atoms with Crippen LogP contribution in [-0.4, -0.2) is 49.0 Å². The second-order valence-electron chi connectivity index (χ2n) is 5.11. The van der Waals surface area contributed by atoms with Crippen molar-refractivity contribution in [2.24, 2.45) is 0 Å². The number of ether oxygens (including phenoxy) is 2. The van der Waals surface area contributed by atoms with Crippen molar-refractivity contribution in [1.82, 2.24) is 4.90 Å². The number of hydrogen-bond acceptors (Lipinski definition) is 4. The first kappa shape index (κ1) is 15.5. The van der Waals surface area contributed by atoms with Crippen LogP contribution in [0, 0.1) is 0 Å². The summed E-state index contributed by atoms with van der Waals surface area (Å²) in [5.74, 6) is 0.649. The van der Waals surface area contributed by atoms with Crippen LogP contribution in [0.4, 0.5) is 0 Å². The first-order valence-electron chi connectivity index (χ1n) is 7.25. The fourth-order valence-electron chi connectivity index (χ4n) is 2.22. The molecule has 0 spiro atoms. The molecule has 1 aromatic carbocycles. The molecule has 1 heterocycles. The van der Waals surface area contributed by atoms with E-state index in [9.17, 15) is 9.59 Å². The molecule has 1 unspecified atom stereocenters. The highest BCUT2D eigenvalue weighted by Crippen LogP contribution is 2.14. The number of rotatable bonds is 5. The zero-order chi connectivity index (χ0) is 15.2. The number of ketones is 1. The molecule has 1 aliphatic rings. The molecule has 114 valence electrons. The summed E-state index contributed by atoms with van der Waals surface area (Å²) < 4.78 is 10.9. The molecule has 5 heteroatoms. The Morgan fingerprint density at radius 3 is 2.67 bits per heavy atom. The molecule has 0 aliphatic carbocycles. The first-order valence-corrected chi connectivity index (χ1v) is 7.25. The zero-order valence-corrected chi connectivity index (χ0v) is 12.5. The quantitative estimate of drug-likeness (QED) is 0.778. The Labute approximate surface area is 124 Å². The van der Waals surface area contributed by atoms with Gasteiger partial charge < -0.3 is 14.4 Å². The fraction of sp³-hybridized carbons (Fsp3) is 0.500. The minimum atomic E-state index is -0.0427. The third kappa shape index (κ3) is 4.29. The maximum Gasteiger partial charge on any atom is 0.260 e. The van der Waals surface area contributed by atoms with Gasteiger partial charge in [0, 0.05) is 25.1 Å². The summed E-state index contributed by atoms with van der Waals surface area (Å²) in [5, 5.41) is 0. The lowest BCUT2D eigenvalue weighted by atomic mass is 10.1. The molecule has 1 aliphatic heterocycles. The van der Waals surface area contributed by atoms with E-state index < -0.39 is 0 Å². The van der Waals surface area contributed by atoms with Gasteiger partial charge in [-0.05, 0) is 31.2 Å². The SMILES string of the molecule is CCC(=O)c1ccc(OCC(=O)N2CCOC(C)C2)cc1. The summed E-state index contributed by atoms with van der Waals surface area (Å²) in [5.41, 5.74) is 0.665. The Morgan fingerprint density at radius 2 is 2.05 bits per heavy atom. The summed E-state index contributed by atoms with van der Waals surface area (Å²) >= 11 is 0. The van der Waals surface area contributed by atoms with Crippen LogP contribution in [0.2, 0.25) is 0 Å². The van der Waals surface area contributed by atoms with Crippen molar-refractivity contribution in [2.45, 2.75) is 26.4 Å². The summed E-state index contributed by atoms with van der Waals surface area (Å²) in [6, 6.07) is 6.89. The number of hydrogen-bond donors (Lipinski definition) is 0. The van der Waals surface area contributed by atoms with Gasteiger partial charge in [-0.3, -0.25) is 9.59 Å². The third-order valence-electron chi connectivity index (χ3n) is 3.45. The van der Waals surface area contributed by atoms with E-state index in [4.69, 9.17) is 9.47 Å². The molecule has 2 rings (SSSR count). The summed E-state index contributed by atoms with van der Waals surface area (Å²) in [6.45, 7) is 5.57. The first-order chi connectivity index (χ1) is 10.1. The van der Waals surface area contributed by atoms with E-state index in [0.717, 1.165) is 0 Å². The molecule has 21 heavy (non-hydrogen) atoms. The highest BCUT2D eigenvalue weighted by molar-refractivity contribution is 5.95. The van der Waals surface area contributed by atoms with Crippen LogP contribution in [0.5, 0.6) is 5.75 Å². The molecule has 1 saturated heterocycles. The van der Waals surface area contributed by atoms with Gasteiger partial charge in [-0.25, -0.2) is 0 Å². The van der Waals surface area contributed by atoms with Gasteiger partial charge in [0.15, 0.2) is 12.4 Å². The average Bonchev–Trinajstić information content (AvgIpc) is 2.52. The second-order valence-corrected chi connectivity index (χ2v) is 5.11. The van der Waals surface area contributed by atoms with Gasteiger partial charge in [-0.2, -0.15) is 0 Å². The highest BCUT2D eigenvalue weighted by atomic mass is 16.5.